The summed E-state index contributed by atoms with van der Waals surface area (Å²) in [6.45, 7) is 2.57. The normalized spacial score (nSPS) is 18.8. The molecule has 1 aliphatic rings. The second kappa shape index (κ2) is 11.3. The van der Waals surface area contributed by atoms with Crippen LogP contribution in [-0.4, -0.2) is 55.9 Å². The Morgan fingerprint density at radius 2 is 2.10 bits per heavy atom. The summed E-state index contributed by atoms with van der Waals surface area (Å²) < 4.78 is 60.5. The number of halogens is 4. The third kappa shape index (κ3) is 9.02. The Balaban J connectivity index is 0.00000420. The standard InChI is InChI=1S/C15H22F3N5O3S2.HI/c1-2-19-14(21-7-13-23-11(8-27-13)15(16,17)18)20-5-3-12(24)22-10-4-6-28(25,26)9-10;/h8,10H,2-7,9H2,1H3,(H,22,24)(H2,19,20,21);1H. The molecule has 0 bridgehead atoms. The molecule has 0 saturated carbocycles. The summed E-state index contributed by atoms with van der Waals surface area (Å²) in [5.41, 5.74) is -0.939. The summed E-state index contributed by atoms with van der Waals surface area (Å²) in [6, 6.07) is -0.355. The van der Waals surface area contributed by atoms with Crippen LogP contribution in [0, 0.1) is 0 Å². The van der Waals surface area contributed by atoms with Gasteiger partial charge in [0.25, 0.3) is 0 Å². The summed E-state index contributed by atoms with van der Waals surface area (Å²) in [7, 11) is -3.06. The molecular formula is C15H23F3IN5O3S2. The number of guanidine groups is 1. The highest BCUT2D eigenvalue weighted by Gasteiger charge is 2.33. The Hall–Kier alpha value is -1.16. The molecule has 0 aromatic carbocycles. The van der Waals surface area contributed by atoms with Crippen LogP contribution in [0.25, 0.3) is 0 Å². The van der Waals surface area contributed by atoms with Crippen LogP contribution in [0.4, 0.5) is 13.2 Å². The lowest BCUT2D eigenvalue weighted by Gasteiger charge is -2.13. The zero-order valence-corrected chi connectivity index (χ0v) is 19.5. The van der Waals surface area contributed by atoms with Crippen LogP contribution in [0.15, 0.2) is 10.4 Å². The van der Waals surface area contributed by atoms with Crippen molar-refractivity contribution in [1.29, 1.82) is 0 Å². The van der Waals surface area contributed by atoms with Gasteiger partial charge in [-0.05, 0) is 13.3 Å². The van der Waals surface area contributed by atoms with Gasteiger partial charge in [0.05, 0.1) is 18.1 Å². The maximum Gasteiger partial charge on any atom is 0.434 e. The fraction of sp³-hybridized carbons (Fsp3) is 0.667. The number of carbonyl (C=O) groups is 1. The number of sulfone groups is 1. The summed E-state index contributed by atoms with van der Waals surface area (Å²) in [4.78, 5) is 19.6. The lowest BCUT2D eigenvalue weighted by molar-refractivity contribution is -0.140. The Bertz CT molecular complexity index is 814. The first kappa shape index (κ1) is 25.9. The molecule has 166 valence electrons. The highest BCUT2D eigenvalue weighted by molar-refractivity contribution is 14.0. The topological polar surface area (TPSA) is 113 Å². The van der Waals surface area contributed by atoms with Crippen LogP contribution >= 0.6 is 35.3 Å². The molecule has 1 unspecified atom stereocenters. The maximum absolute atomic E-state index is 12.6. The predicted octanol–water partition coefficient (Wildman–Crippen LogP) is 1.53. The average Bonchev–Trinajstić information content (AvgIpc) is 3.19. The second-order valence-corrected chi connectivity index (χ2v) is 9.34. The lowest BCUT2D eigenvalue weighted by Crippen LogP contribution is -2.41. The van der Waals surface area contributed by atoms with E-state index in [0.717, 1.165) is 16.7 Å². The van der Waals surface area contributed by atoms with Crippen molar-refractivity contribution in [2.24, 2.45) is 4.99 Å². The number of aromatic nitrogens is 1. The second-order valence-electron chi connectivity index (χ2n) is 6.16. The van der Waals surface area contributed by atoms with Gasteiger partial charge in [-0.25, -0.2) is 18.4 Å². The summed E-state index contributed by atoms with van der Waals surface area (Å²) in [5, 5.41) is 9.70. The van der Waals surface area contributed by atoms with Crippen molar-refractivity contribution in [1.82, 2.24) is 20.9 Å². The zero-order chi connectivity index (χ0) is 20.8. The number of carbonyl (C=O) groups excluding carboxylic acids is 1. The minimum atomic E-state index is -4.48. The largest absolute Gasteiger partial charge is 0.434 e. The van der Waals surface area contributed by atoms with Crippen LogP contribution in [0.3, 0.4) is 0 Å². The molecule has 8 nitrogen and oxygen atoms in total. The smallest absolute Gasteiger partial charge is 0.357 e. The van der Waals surface area contributed by atoms with E-state index in [0.29, 0.717) is 18.9 Å². The number of nitrogens with zero attached hydrogens (tertiary/aromatic N) is 2. The van der Waals surface area contributed by atoms with Gasteiger partial charge in [-0.15, -0.1) is 35.3 Å². The number of hydrogen-bond acceptors (Lipinski definition) is 6. The fourth-order valence-corrected chi connectivity index (χ4v) is 4.90. The number of rotatable bonds is 7. The van der Waals surface area contributed by atoms with Crippen molar-refractivity contribution in [2.45, 2.75) is 38.5 Å². The summed E-state index contributed by atoms with van der Waals surface area (Å²) >= 11 is 0.876. The first-order valence-electron chi connectivity index (χ1n) is 8.62. The molecule has 1 aromatic rings. The quantitative estimate of drug-likeness (QED) is 0.261. The molecule has 1 atom stereocenters. The van der Waals surface area contributed by atoms with E-state index < -0.39 is 21.7 Å². The lowest BCUT2D eigenvalue weighted by atomic mass is 10.2. The van der Waals surface area contributed by atoms with Gasteiger partial charge in [-0.1, -0.05) is 0 Å². The number of alkyl halides is 3. The molecule has 1 aliphatic heterocycles. The van der Waals surface area contributed by atoms with Gasteiger partial charge < -0.3 is 16.0 Å². The molecule has 1 aromatic heterocycles. The van der Waals surface area contributed by atoms with Crippen LogP contribution < -0.4 is 16.0 Å². The monoisotopic (exact) mass is 569 g/mol. The van der Waals surface area contributed by atoms with Crippen LogP contribution in [-0.2, 0) is 27.4 Å². The minimum absolute atomic E-state index is 0. The first-order valence-corrected chi connectivity index (χ1v) is 11.3. The summed E-state index contributed by atoms with van der Waals surface area (Å²) in [6.07, 6.45) is -3.96. The van der Waals surface area contributed by atoms with Gasteiger partial charge in [-0.3, -0.25) is 4.79 Å². The molecule has 29 heavy (non-hydrogen) atoms. The summed E-state index contributed by atoms with van der Waals surface area (Å²) in [5.74, 6) is 0.118. The van der Waals surface area contributed by atoms with E-state index in [2.05, 4.69) is 25.9 Å². The zero-order valence-electron chi connectivity index (χ0n) is 15.6. The van der Waals surface area contributed by atoms with Crippen LogP contribution in [0.2, 0.25) is 0 Å². The van der Waals surface area contributed by atoms with E-state index in [1.54, 1.807) is 0 Å². The van der Waals surface area contributed by atoms with E-state index in [4.69, 9.17) is 0 Å². The van der Waals surface area contributed by atoms with E-state index >= 15 is 0 Å². The number of hydrogen-bond donors (Lipinski definition) is 3. The molecule has 1 fully saturated rings. The minimum Gasteiger partial charge on any atom is -0.357 e. The molecule has 0 radical (unpaired) electrons. The average molecular weight is 569 g/mol. The number of thiazole rings is 1. The highest BCUT2D eigenvalue weighted by Crippen LogP contribution is 2.30. The molecule has 3 N–H and O–H groups in total. The Morgan fingerprint density at radius 1 is 1.38 bits per heavy atom. The van der Waals surface area contributed by atoms with Crippen molar-refractivity contribution < 1.29 is 26.4 Å². The molecule has 2 heterocycles. The van der Waals surface area contributed by atoms with Crippen LogP contribution in [0.1, 0.15) is 30.5 Å². The van der Waals surface area contributed by atoms with Gasteiger partial charge in [0.2, 0.25) is 5.91 Å². The van der Waals surface area contributed by atoms with E-state index in [1.165, 1.54) is 0 Å². The van der Waals surface area contributed by atoms with Crippen molar-refractivity contribution >= 4 is 57.0 Å². The molecule has 0 aliphatic carbocycles. The Kier molecular flexibility index (Phi) is 10.1. The molecule has 0 spiro atoms. The predicted molar refractivity (Wildman–Crippen MR) is 115 cm³/mol. The fourth-order valence-electron chi connectivity index (χ4n) is 2.51. The molecule has 14 heteroatoms. The third-order valence-electron chi connectivity index (χ3n) is 3.80. The van der Waals surface area contributed by atoms with Gasteiger partial charge in [0, 0.05) is 30.9 Å². The number of aliphatic imine (C=N–C) groups is 1. The van der Waals surface area contributed by atoms with E-state index in [9.17, 15) is 26.4 Å². The maximum atomic E-state index is 12.6. The van der Waals surface area contributed by atoms with Gasteiger partial charge >= 0.3 is 6.18 Å². The Morgan fingerprint density at radius 3 is 2.66 bits per heavy atom. The number of nitrogens with one attached hydrogen (secondary N) is 3. The molecule has 2 rings (SSSR count). The molecule has 1 amide bonds. The van der Waals surface area contributed by atoms with Crippen molar-refractivity contribution in [3.8, 4) is 0 Å². The number of amides is 1. The molecular weight excluding hydrogens is 546 g/mol. The van der Waals surface area contributed by atoms with Crippen molar-refractivity contribution in [3.05, 3.63) is 16.1 Å². The van der Waals surface area contributed by atoms with E-state index in [-0.39, 0.29) is 71.9 Å². The van der Waals surface area contributed by atoms with Gasteiger partial charge in [0.15, 0.2) is 21.5 Å². The van der Waals surface area contributed by atoms with Crippen molar-refractivity contribution in [2.75, 3.05) is 24.6 Å². The SMILES string of the molecule is CCNC(=NCc1nc(C(F)(F)F)cs1)NCCC(=O)NC1CCS(=O)(=O)C1.I. The van der Waals surface area contributed by atoms with Gasteiger partial charge in [-0.2, -0.15) is 13.2 Å². The van der Waals surface area contributed by atoms with Gasteiger partial charge in [0.1, 0.15) is 5.01 Å². The van der Waals surface area contributed by atoms with E-state index in [1.807, 2.05) is 6.92 Å². The first-order chi connectivity index (χ1) is 13.1. The Labute approximate surface area is 188 Å². The van der Waals surface area contributed by atoms with Crippen LogP contribution in [0.5, 0.6) is 0 Å². The molecule has 1 saturated heterocycles. The highest BCUT2D eigenvalue weighted by atomic mass is 127. The van der Waals surface area contributed by atoms with Crippen molar-refractivity contribution in [3.63, 3.8) is 0 Å². The third-order valence-corrected chi connectivity index (χ3v) is 6.40.